The van der Waals surface area contributed by atoms with Crippen LogP contribution in [0.25, 0.3) is 0 Å². The number of phosphoric acid groups is 2. The monoisotopic (exact) mass is 499 g/mol. The molecule has 0 saturated heterocycles. The molecule has 31 heavy (non-hydrogen) atoms. The number of hydrogen-bond acceptors (Lipinski definition) is 8. The Morgan fingerprint density at radius 1 is 0.258 bits per heavy atom. The van der Waals surface area contributed by atoms with Crippen LogP contribution in [0.1, 0.15) is 0 Å². The van der Waals surface area contributed by atoms with Crippen molar-refractivity contribution in [2.24, 2.45) is 0 Å². The van der Waals surface area contributed by atoms with Gasteiger partial charge in [0.2, 0.25) is 0 Å². The van der Waals surface area contributed by atoms with E-state index in [0.29, 0.717) is 0 Å². The van der Waals surface area contributed by atoms with Crippen molar-refractivity contribution in [2.75, 3.05) is 0 Å². The minimum absolute atomic E-state index is 0. The van der Waals surface area contributed by atoms with Crippen molar-refractivity contribution in [1.82, 2.24) is 0 Å². The Morgan fingerprint density at radius 3 is 0.258 bits per heavy atom. The largest absolute Gasteiger partial charge is 2.00 e. The molecule has 0 unspecified atom stereocenters. The zero-order chi connectivity index (χ0) is 9.00. The van der Waals surface area contributed by atoms with E-state index < -0.39 is 15.6 Å². The fourth-order valence-corrected chi connectivity index (χ4v) is 0. The molecule has 0 aromatic carbocycles. The molecule has 0 heterocycles. The fourth-order valence-electron chi connectivity index (χ4n) is 0. The summed E-state index contributed by atoms with van der Waals surface area (Å²) in [6, 6.07) is 0. The van der Waals surface area contributed by atoms with Gasteiger partial charge in [0.05, 0.1) is 0 Å². The molecule has 31 heteroatoms. The SMILES string of the molecule is O=P([O-])([O-])[O-].O=P([O-])([O-])[O-].[Be+2].[Be+2].[Be+2].[Be+2].[Be+2].[Be+2].[Be+2].[Be+2].[Be+2].[F-].[F-].[F-].[F-].[F-].[F-].[F-].[F-].[F-].[F-].[F-].[F-]. The molecule has 0 rings (SSSR count). The Kier molecular flexibility index (Phi) is 2060. The molecule has 0 aliphatic carbocycles. The second-order valence-electron chi connectivity index (χ2n) is 0.894. The molecule has 0 aliphatic heterocycles. The predicted octanol–water partition coefficient (Wildman–Crippen LogP) is -45.0. The van der Waals surface area contributed by atoms with Gasteiger partial charge in [0, 0.05) is 0 Å². The normalized spacial score (nSPS) is 3.81. The molecule has 0 radical (unpaired) electrons. The quantitative estimate of drug-likeness (QED) is 0.180. The molecule has 0 N–H and O–H groups in total. The van der Waals surface area contributed by atoms with E-state index in [4.69, 9.17) is 38.5 Å². The van der Waals surface area contributed by atoms with Crippen LogP contribution < -0.4 is 85.8 Å². The van der Waals surface area contributed by atoms with Gasteiger partial charge in [-0.3, -0.25) is 0 Å². The van der Waals surface area contributed by atoms with Crippen LogP contribution in [0.5, 0.6) is 0 Å². The predicted molar refractivity (Wildman–Crippen MR) is 67.0 cm³/mol. The fraction of sp³-hybridized carbons (Fsp3) is 0. The zero-order valence-electron chi connectivity index (χ0n) is 15.1. The van der Waals surface area contributed by atoms with E-state index in [1.165, 1.54) is 0 Å². The van der Waals surface area contributed by atoms with Crippen molar-refractivity contribution in [1.29, 1.82) is 0 Å². The van der Waals surface area contributed by atoms with Gasteiger partial charge < -0.3 is 94.9 Å². The number of hydrogen-bond donors (Lipinski definition) is 0. The van der Waals surface area contributed by atoms with E-state index in [-0.39, 0.29) is 148 Å². The summed E-state index contributed by atoms with van der Waals surface area (Å²) in [6.45, 7) is 0. The second kappa shape index (κ2) is 166. The van der Waals surface area contributed by atoms with E-state index in [9.17, 15) is 0 Å². The average molecular weight is 499 g/mol. The van der Waals surface area contributed by atoms with Gasteiger partial charge in [-0.05, 0) is 0 Å². The third kappa shape index (κ3) is 31900. The van der Waals surface area contributed by atoms with Gasteiger partial charge >= 0.3 is 91.1 Å². The first-order valence-corrected chi connectivity index (χ1v) is 4.38. The van der Waals surface area contributed by atoms with Gasteiger partial charge in [0.15, 0.2) is 0 Å². The number of rotatable bonds is 0. The standard InChI is InChI=1S/9Be.12FH.2H3O4P/c;;;;;;;;;;;;;;;;;;;;;2*1-5(2,3)4/h;;;;;;;;;12*1H;2*(H3,1,2,3,4)/q9*+2;;;;;;;;;;;;;;/p-18. The minimum Gasteiger partial charge on any atom is -1.00 e. The maximum Gasteiger partial charge on any atom is 2.00 e. The summed E-state index contributed by atoms with van der Waals surface area (Å²) in [5.41, 5.74) is 0. The van der Waals surface area contributed by atoms with E-state index in [1.807, 2.05) is 0 Å². The van der Waals surface area contributed by atoms with Crippen molar-refractivity contribution in [3.63, 3.8) is 0 Å². The van der Waals surface area contributed by atoms with Crippen molar-refractivity contribution in [3.05, 3.63) is 0 Å². The molecule has 0 fully saturated rings. The Morgan fingerprint density at radius 2 is 0.258 bits per heavy atom. The second-order valence-corrected chi connectivity index (χ2v) is 2.68. The molecular weight excluding hydrogens is 499 g/mol. The number of halogens is 12. The van der Waals surface area contributed by atoms with Gasteiger partial charge in [0.25, 0.3) is 0 Å². The van der Waals surface area contributed by atoms with Gasteiger partial charge in [-0.1, -0.05) is 0 Å². The van der Waals surface area contributed by atoms with Crippen molar-refractivity contribution < 1.29 is 94.9 Å². The third-order valence-electron chi connectivity index (χ3n) is 0. The van der Waals surface area contributed by atoms with E-state index >= 15 is 0 Å². The molecule has 0 aromatic heterocycles. The first-order chi connectivity index (χ1) is 4.00. The van der Waals surface area contributed by atoms with Gasteiger partial charge in [-0.15, -0.1) is 0 Å². The van der Waals surface area contributed by atoms with Crippen molar-refractivity contribution in [2.45, 2.75) is 0 Å². The molecule has 0 amide bonds. The van der Waals surface area contributed by atoms with Crippen LogP contribution in [0.2, 0.25) is 0 Å². The Labute approximate surface area is 202 Å². The zero-order valence-corrected chi connectivity index (χ0v) is 16.8. The summed E-state index contributed by atoms with van der Waals surface area (Å²) in [5, 5.41) is 0. The molecule has 8 nitrogen and oxygen atoms in total. The molecule has 0 spiro atoms. The molecule has 160 valence electrons. The third-order valence-corrected chi connectivity index (χ3v) is 0. The van der Waals surface area contributed by atoms with Crippen molar-refractivity contribution >= 4 is 107 Å². The van der Waals surface area contributed by atoms with Gasteiger partial charge in [-0.25, -0.2) is 0 Å². The first kappa shape index (κ1) is 385. The van der Waals surface area contributed by atoms with Crippen LogP contribution >= 0.6 is 15.6 Å². The summed E-state index contributed by atoms with van der Waals surface area (Å²) in [6.07, 6.45) is 0. The molecule has 0 aromatic rings. The average Bonchev–Trinajstić information content (AvgIpc) is 1.12. The summed E-state index contributed by atoms with van der Waals surface area (Å²) < 4.78 is 17.1. The van der Waals surface area contributed by atoms with Gasteiger partial charge in [0.1, 0.15) is 0 Å². The maximum absolute atomic E-state index is 8.55. The maximum atomic E-state index is 8.55. The van der Waals surface area contributed by atoms with Crippen LogP contribution in [0, 0.1) is 0 Å². The van der Waals surface area contributed by atoms with Crippen LogP contribution in [0.3, 0.4) is 0 Å². The first-order valence-electron chi connectivity index (χ1n) is 1.46. The van der Waals surface area contributed by atoms with Crippen LogP contribution in [0.15, 0.2) is 0 Å². The molecule has 0 saturated carbocycles. The van der Waals surface area contributed by atoms with Crippen molar-refractivity contribution in [3.8, 4) is 0 Å². The van der Waals surface area contributed by atoms with Crippen LogP contribution in [0.4, 0.5) is 0 Å². The van der Waals surface area contributed by atoms with Crippen LogP contribution in [-0.2, 0) is 9.13 Å². The Bertz CT molecular complexity index is 168. The Balaban J connectivity index is -0.00000000117. The molecule has 0 aliphatic rings. The smallest absolute Gasteiger partial charge is 1.00 e. The minimum atomic E-state index is -5.39. The topological polar surface area (TPSA) is 172 Å². The Hall–Kier alpha value is 0.899. The molecule has 0 atom stereocenters. The van der Waals surface area contributed by atoms with Crippen LogP contribution in [-0.4, -0.2) is 91.1 Å². The van der Waals surface area contributed by atoms with Gasteiger partial charge in [-0.2, -0.15) is 15.6 Å². The molecule has 0 bridgehead atoms. The van der Waals surface area contributed by atoms with E-state index in [2.05, 4.69) is 0 Å². The summed E-state index contributed by atoms with van der Waals surface area (Å²) in [4.78, 5) is 51.3. The van der Waals surface area contributed by atoms with E-state index in [1.54, 1.807) is 0 Å². The summed E-state index contributed by atoms with van der Waals surface area (Å²) in [5.74, 6) is 0. The summed E-state index contributed by atoms with van der Waals surface area (Å²) >= 11 is 0. The van der Waals surface area contributed by atoms with E-state index in [0.717, 1.165) is 0 Å². The summed E-state index contributed by atoms with van der Waals surface area (Å²) in [7, 11) is -10.8. The molecular formula is Be9F12O8P2.